The number of carbonyl (C=O) groups is 2. The van der Waals surface area contributed by atoms with Gasteiger partial charge in [0.25, 0.3) is 5.91 Å². The van der Waals surface area contributed by atoms with Crippen LogP contribution in [-0.2, 0) is 17.6 Å². The molecule has 178 valence electrons. The molecule has 1 aliphatic rings. The number of rotatable bonds is 8. The molecule has 0 saturated carbocycles. The molecule has 2 aromatic carbocycles. The number of aromatic nitrogens is 1. The molecule has 2 heterocycles. The van der Waals surface area contributed by atoms with E-state index < -0.39 is 11.7 Å². The number of amides is 2. The third-order valence-corrected chi connectivity index (χ3v) is 6.63. The summed E-state index contributed by atoms with van der Waals surface area (Å²) >= 11 is 1.22. The normalized spacial score (nSPS) is 14.1. The number of anilines is 1. The van der Waals surface area contributed by atoms with Crippen molar-refractivity contribution in [2.75, 3.05) is 45.2 Å². The number of halogens is 1. The van der Waals surface area contributed by atoms with E-state index in [-0.39, 0.29) is 17.9 Å². The molecule has 4 rings (SSSR count). The largest absolute Gasteiger partial charge is 0.497 e. The monoisotopic (exact) mass is 482 g/mol. The zero-order valence-corrected chi connectivity index (χ0v) is 19.8. The standard InChI is InChI=1S/C25H27FN4O3S/c1-33-20-8-6-18(7-9-20)10-11-29-12-14-30(15-13-29)23(31)16-19-17-34-25(27-19)28-24(32)21-4-2-3-5-22(21)26/h2-9,17H,10-16H2,1H3,(H,27,28,32). The molecule has 0 atom stereocenters. The molecule has 7 nitrogen and oxygen atoms in total. The van der Waals surface area contributed by atoms with E-state index in [0.717, 1.165) is 31.8 Å². The van der Waals surface area contributed by atoms with E-state index in [9.17, 15) is 14.0 Å². The number of thiazole rings is 1. The molecular weight excluding hydrogens is 455 g/mol. The molecule has 1 N–H and O–H groups in total. The van der Waals surface area contributed by atoms with Crippen molar-refractivity contribution in [1.82, 2.24) is 14.8 Å². The van der Waals surface area contributed by atoms with Crippen LogP contribution in [-0.4, -0.2) is 66.4 Å². The van der Waals surface area contributed by atoms with Gasteiger partial charge >= 0.3 is 0 Å². The van der Waals surface area contributed by atoms with Crippen LogP contribution in [0.15, 0.2) is 53.9 Å². The summed E-state index contributed by atoms with van der Waals surface area (Å²) in [5.74, 6) is -0.270. The fraction of sp³-hybridized carbons (Fsp3) is 0.320. The highest BCUT2D eigenvalue weighted by Gasteiger charge is 2.22. The summed E-state index contributed by atoms with van der Waals surface area (Å²) in [5.41, 5.74) is 1.82. The predicted octanol–water partition coefficient (Wildman–Crippen LogP) is 3.47. The predicted molar refractivity (Wildman–Crippen MR) is 130 cm³/mol. The number of carbonyl (C=O) groups excluding carboxylic acids is 2. The fourth-order valence-electron chi connectivity index (χ4n) is 3.82. The van der Waals surface area contributed by atoms with Gasteiger partial charge in [-0.15, -0.1) is 11.3 Å². The third kappa shape index (κ3) is 6.18. The zero-order chi connectivity index (χ0) is 23.9. The molecule has 1 aromatic heterocycles. The van der Waals surface area contributed by atoms with Crippen molar-refractivity contribution >= 4 is 28.3 Å². The second kappa shape index (κ2) is 11.2. The van der Waals surface area contributed by atoms with Crippen LogP contribution in [0.2, 0.25) is 0 Å². The summed E-state index contributed by atoms with van der Waals surface area (Å²) in [4.78, 5) is 33.5. The highest BCUT2D eigenvalue weighted by atomic mass is 32.1. The van der Waals surface area contributed by atoms with Gasteiger partial charge in [0.1, 0.15) is 11.6 Å². The SMILES string of the molecule is COc1ccc(CCN2CCN(C(=O)Cc3csc(NC(=O)c4ccccc4F)n3)CC2)cc1. The maximum Gasteiger partial charge on any atom is 0.260 e. The van der Waals surface area contributed by atoms with Crippen molar-refractivity contribution in [3.8, 4) is 5.75 Å². The van der Waals surface area contributed by atoms with Gasteiger partial charge in [0, 0.05) is 38.1 Å². The Morgan fingerprint density at radius 3 is 2.53 bits per heavy atom. The number of benzene rings is 2. The van der Waals surface area contributed by atoms with Crippen molar-refractivity contribution in [3.05, 3.63) is 76.5 Å². The van der Waals surface area contributed by atoms with Crippen molar-refractivity contribution in [2.45, 2.75) is 12.8 Å². The Balaban J connectivity index is 1.21. The lowest BCUT2D eigenvalue weighted by molar-refractivity contribution is -0.132. The number of hydrogen-bond acceptors (Lipinski definition) is 6. The van der Waals surface area contributed by atoms with Crippen LogP contribution in [0.3, 0.4) is 0 Å². The average Bonchev–Trinajstić information content (AvgIpc) is 3.30. The Labute approximate surface area is 202 Å². The van der Waals surface area contributed by atoms with E-state index in [4.69, 9.17) is 4.74 Å². The smallest absolute Gasteiger partial charge is 0.260 e. The van der Waals surface area contributed by atoms with Gasteiger partial charge in [0.05, 0.1) is 24.8 Å². The van der Waals surface area contributed by atoms with Crippen LogP contribution in [0.5, 0.6) is 5.75 Å². The highest BCUT2D eigenvalue weighted by molar-refractivity contribution is 7.14. The van der Waals surface area contributed by atoms with Gasteiger partial charge in [-0.25, -0.2) is 9.37 Å². The number of nitrogens with zero attached hydrogens (tertiary/aromatic N) is 3. The van der Waals surface area contributed by atoms with Crippen LogP contribution in [0, 0.1) is 5.82 Å². The van der Waals surface area contributed by atoms with Crippen molar-refractivity contribution in [1.29, 1.82) is 0 Å². The molecule has 0 aliphatic carbocycles. The summed E-state index contributed by atoms with van der Waals surface area (Å²) in [7, 11) is 1.66. The Hall–Kier alpha value is -3.30. The van der Waals surface area contributed by atoms with Gasteiger partial charge in [0.15, 0.2) is 5.13 Å². The third-order valence-electron chi connectivity index (χ3n) is 5.82. The molecular formula is C25H27FN4O3S. The van der Waals surface area contributed by atoms with E-state index in [2.05, 4.69) is 27.3 Å². The van der Waals surface area contributed by atoms with Gasteiger partial charge < -0.3 is 9.64 Å². The maximum absolute atomic E-state index is 13.8. The van der Waals surface area contributed by atoms with Crippen molar-refractivity contribution in [2.24, 2.45) is 0 Å². The Bertz CT molecular complexity index is 1130. The molecule has 9 heteroatoms. The second-order valence-electron chi connectivity index (χ2n) is 8.08. The second-order valence-corrected chi connectivity index (χ2v) is 8.93. The minimum Gasteiger partial charge on any atom is -0.497 e. The molecule has 0 unspecified atom stereocenters. The topological polar surface area (TPSA) is 74.8 Å². The van der Waals surface area contributed by atoms with Crippen molar-refractivity contribution in [3.63, 3.8) is 0 Å². The summed E-state index contributed by atoms with van der Waals surface area (Å²) in [6.07, 6.45) is 1.13. The minimum absolute atomic E-state index is 0.0204. The Kier molecular flexibility index (Phi) is 7.87. The first-order chi connectivity index (χ1) is 16.5. The van der Waals surface area contributed by atoms with Gasteiger partial charge in [-0.1, -0.05) is 24.3 Å². The molecule has 1 fully saturated rings. The summed E-state index contributed by atoms with van der Waals surface area (Å²) in [5, 5.41) is 4.70. The molecule has 1 saturated heterocycles. The number of methoxy groups -OCH3 is 1. The Morgan fingerprint density at radius 1 is 1.09 bits per heavy atom. The van der Waals surface area contributed by atoms with Crippen LogP contribution in [0.4, 0.5) is 9.52 Å². The Morgan fingerprint density at radius 2 is 1.82 bits per heavy atom. The van der Waals surface area contributed by atoms with Crippen molar-refractivity contribution < 1.29 is 18.7 Å². The minimum atomic E-state index is -0.588. The first-order valence-corrected chi connectivity index (χ1v) is 12.0. The highest BCUT2D eigenvalue weighted by Crippen LogP contribution is 2.19. The van der Waals surface area contributed by atoms with E-state index >= 15 is 0 Å². The molecule has 0 spiro atoms. The molecule has 2 amide bonds. The van der Waals surface area contributed by atoms with Gasteiger partial charge in [-0.05, 0) is 36.2 Å². The molecule has 3 aromatic rings. The first-order valence-electron chi connectivity index (χ1n) is 11.1. The molecule has 0 radical (unpaired) electrons. The number of hydrogen-bond donors (Lipinski definition) is 1. The molecule has 0 bridgehead atoms. The summed E-state index contributed by atoms with van der Waals surface area (Å²) in [6, 6.07) is 13.9. The summed E-state index contributed by atoms with van der Waals surface area (Å²) in [6.45, 7) is 3.99. The number of nitrogens with one attached hydrogen (secondary N) is 1. The van der Waals surface area contributed by atoms with E-state index in [1.54, 1.807) is 18.6 Å². The average molecular weight is 483 g/mol. The van der Waals surface area contributed by atoms with Gasteiger partial charge in [0.2, 0.25) is 5.91 Å². The number of piperazine rings is 1. The first kappa shape index (κ1) is 23.8. The lowest BCUT2D eigenvalue weighted by Crippen LogP contribution is -2.49. The van der Waals surface area contributed by atoms with Crippen LogP contribution in [0.1, 0.15) is 21.6 Å². The molecule has 34 heavy (non-hydrogen) atoms. The van der Waals surface area contributed by atoms with Crippen LogP contribution >= 0.6 is 11.3 Å². The zero-order valence-electron chi connectivity index (χ0n) is 19.0. The molecule has 1 aliphatic heterocycles. The number of ether oxygens (including phenoxy) is 1. The summed E-state index contributed by atoms with van der Waals surface area (Å²) < 4.78 is 19.0. The van der Waals surface area contributed by atoms with Gasteiger partial charge in [-0.3, -0.25) is 19.8 Å². The fourth-order valence-corrected chi connectivity index (χ4v) is 4.53. The van der Waals surface area contributed by atoms with Crippen LogP contribution < -0.4 is 10.1 Å². The van der Waals surface area contributed by atoms with Crippen LogP contribution in [0.25, 0.3) is 0 Å². The lowest BCUT2D eigenvalue weighted by atomic mass is 10.1. The van der Waals surface area contributed by atoms with Gasteiger partial charge in [-0.2, -0.15) is 0 Å². The van der Waals surface area contributed by atoms with E-state index in [1.807, 2.05) is 17.0 Å². The van der Waals surface area contributed by atoms with E-state index in [0.29, 0.717) is 23.9 Å². The quantitative estimate of drug-likeness (QED) is 0.532. The lowest BCUT2D eigenvalue weighted by Gasteiger charge is -2.34. The van der Waals surface area contributed by atoms with E-state index in [1.165, 1.54) is 35.1 Å². The maximum atomic E-state index is 13.8.